The Labute approximate surface area is 113 Å². The minimum absolute atomic E-state index is 0.248. The zero-order valence-corrected chi connectivity index (χ0v) is 10.9. The van der Waals surface area contributed by atoms with Crippen LogP contribution in [-0.4, -0.2) is 12.1 Å². The quantitative estimate of drug-likeness (QED) is 0.874. The van der Waals surface area contributed by atoms with Crippen molar-refractivity contribution in [1.82, 2.24) is 10.6 Å². The zero-order chi connectivity index (χ0) is 13.5. The number of rotatable bonds is 3. The fourth-order valence-electron chi connectivity index (χ4n) is 2.44. The second-order valence-corrected chi connectivity index (χ2v) is 4.93. The molecule has 2 rings (SSSR count). The summed E-state index contributed by atoms with van der Waals surface area (Å²) >= 11 is 0. The van der Waals surface area contributed by atoms with Crippen LogP contribution in [0, 0.1) is 11.3 Å². The summed E-state index contributed by atoms with van der Waals surface area (Å²) in [6.45, 7) is 0. The number of hydrogen-bond donors (Lipinski definition) is 2. The number of carbonyl (C=O) groups excluding carboxylic acids is 1. The highest BCUT2D eigenvalue weighted by molar-refractivity contribution is 5.75. The summed E-state index contributed by atoms with van der Waals surface area (Å²) < 4.78 is 0. The van der Waals surface area contributed by atoms with Crippen LogP contribution in [0.15, 0.2) is 30.3 Å². The van der Waals surface area contributed by atoms with Gasteiger partial charge < -0.3 is 10.6 Å². The van der Waals surface area contributed by atoms with Crippen LogP contribution >= 0.6 is 0 Å². The Hall–Kier alpha value is -2.02. The minimum Gasteiger partial charge on any atom is -0.335 e. The van der Waals surface area contributed by atoms with Gasteiger partial charge in [0.05, 0.1) is 6.07 Å². The van der Waals surface area contributed by atoms with Crippen molar-refractivity contribution >= 4 is 6.03 Å². The predicted octanol–water partition coefficient (Wildman–Crippen LogP) is 2.88. The Kier molecular flexibility index (Phi) is 4.79. The molecule has 1 aliphatic carbocycles. The molecule has 1 aromatic rings. The fourth-order valence-corrected chi connectivity index (χ4v) is 2.44. The highest BCUT2D eigenvalue weighted by Crippen LogP contribution is 2.17. The summed E-state index contributed by atoms with van der Waals surface area (Å²) in [5.41, 5.74) is 0.809. The summed E-state index contributed by atoms with van der Waals surface area (Å²) in [7, 11) is 0. The Morgan fingerprint density at radius 1 is 1.21 bits per heavy atom. The number of carbonyl (C=O) groups is 1. The number of benzene rings is 1. The lowest BCUT2D eigenvalue weighted by molar-refractivity contribution is 0.231. The fraction of sp³-hybridized carbons (Fsp3) is 0.467. The van der Waals surface area contributed by atoms with Crippen molar-refractivity contribution in [3.8, 4) is 6.07 Å². The number of nitriles is 1. The number of nitrogens with zero attached hydrogens (tertiary/aromatic N) is 1. The lowest BCUT2D eigenvalue weighted by Crippen LogP contribution is -2.43. The predicted molar refractivity (Wildman–Crippen MR) is 73.3 cm³/mol. The molecular weight excluding hydrogens is 238 g/mol. The van der Waals surface area contributed by atoms with E-state index in [2.05, 4.69) is 16.7 Å². The third-order valence-corrected chi connectivity index (χ3v) is 3.48. The maximum Gasteiger partial charge on any atom is 0.316 e. The van der Waals surface area contributed by atoms with Crippen molar-refractivity contribution in [2.45, 2.75) is 44.2 Å². The first kappa shape index (κ1) is 13.4. The molecule has 1 aromatic carbocycles. The van der Waals surface area contributed by atoms with Crippen LogP contribution in [0.4, 0.5) is 4.79 Å². The second-order valence-electron chi connectivity index (χ2n) is 4.93. The molecule has 1 unspecified atom stereocenters. The van der Waals surface area contributed by atoms with Gasteiger partial charge in [0.2, 0.25) is 0 Å². The summed E-state index contributed by atoms with van der Waals surface area (Å²) in [6, 6.07) is 10.8. The molecule has 0 spiro atoms. The van der Waals surface area contributed by atoms with Crippen LogP contribution in [0.3, 0.4) is 0 Å². The van der Waals surface area contributed by atoms with Crippen molar-refractivity contribution in [3.05, 3.63) is 35.9 Å². The van der Waals surface area contributed by atoms with Crippen LogP contribution in [0.1, 0.15) is 43.7 Å². The van der Waals surface area contributed by atoms with Gasteiger partial charge in [-0.3, -0.25) is 0 Å². The van der Waals surface area contributed by atoms with E-state index in [1.807, 2.05) is 30.3 Å². The highest BCUT2D eigenvalue weighted by atomic mass is 16.2. The lowest BCUT2D eigenvalue weighted by Gasteiger charge is -2.23. The summed E-state index contributed by atoms with van der Waals surface area (Å²) in [4.78, 5) is 11.9. The molecule has 1 saturated carbocycles. The minimum atomic E-state index is -0.593. The van der Waals surface area contributed by atoms with Gasteiger partial charge in [-0.05, 0) is 18.4 Å². The summed E-state index contributed by atoms with van der Waals surface area (Å²) in [5.74, 6) is 0. The first-order valence-electron chi connectivity index (χ1n) is 6.81. The molecular formula is C15H19N3O. The van der Waals surface area contributed by atoms with Gasteiger partial charge in [-0.1, -0.05) is 49.6 Å². The SMILES string of the molecule is N#CC(NC(=O)NC1CCCCC1)c1ccccc1. The van der Waals surface area contributed by atoms with Gasteiger partial charge in [0.15, 0.2) is 0 Å². The Balaban J connectivity index is 1.88. The summed E-state index contributed by atoms with van der Waals surface area (Å²) in [5, 5.41) is 14.8. The van der Waals surface area contributed by atoms with E-state index in [1.165, 1.54) is 19.3 Å². The van der Waals surface area contributed by atoms with Gasteiger partial charge in [0.1, 0.15) is 6.04 Å². The Morgan fingerprint density at radius 2 is 1.89 bits per heavy atom. The van der Waals surface area contributed by atoms with Gasteiger partial charge in [0.25, 0.3) is 0 Å². The van der Waals surface area contributed by atoms with Crippen LogP contribution < -0.4 is 10.6 Å². The molecule has 4 nitrogen and oxygen atoms in total. The van der Waals surface area contributed by atoms with Gasteiger partial charge in [-0.15, -0.1) is 0 Å². The molecule has 0 saturated heterocycles. The summed E-state index contributed by atoms with van der Waals surface area (Å²) in [6.07, 6.45) is 5.67. The van der Waals surface area contributed by atoms with E-state index in [-0.39, 0.29) is 12.1 Å². The van der Waals surface area contributed by atoms with Crippen molar-refractivity contribution in [2.75, 3.05) is 0 Å². The molecule has 4 heteroatoms. The first-order valence-corrected chi connectivity index (χ1v) is 6.81. The average Bonchev–Trinajstić information content (AvgIpc) is 2.47. The van der Waals surface area contributed by atoms with Gasteiger partial charge >= 0.3 is 6.03 Å². The molecule has 2 N–H and O–H groups in total. The average molecular weight is 257 g/mol. The highest BCUT2D eigenvalue weighted by Gasteiger charge is 2.18. The maximum absolute atomic E-state index is 11.9. The van der Waals surface area contributed by atoms with Gasteiger partial charge in [0, 0.05) is 6.04 Å². The molecule has 0 aromatic heterocycles. The normalized spacial score (nSPS) is 17.2. The lowest BCUT2D eigenvalue weighted by atomic mass is 9.96. The molecule has 100 valence electrons. The topological polar surface area (TPSA) is 64.9 Å². The number of hydrogen-bond acceptors (Lipinski definition) is 2. The first-order chi connectivity index (χ1) is 9.29. The van der Waals surface area contributed by atoms with E-state index in [1.54, 1.807) is 0 Å². The molecule has 0 radical (unpaired) electrons. The van der Waals surface area contributed by atoms with E-state index < -0.39 is 6.04 Å². The van der Waals surface area contributed by atoms with Crippen molar-refractivity contribution in [2.24, 2.45) is 0 Å². The number of amides is 2. The third-order valence-electron chi connectivity index (χ3n) is 3.48. The van der Waals surface area contributed by atoms with Crippen LogP contribution in [0.25, 0.3) is 0 Å². The van der Waals surface area contributed by atoms with E-state index >= 15 is 0 Å². The molecule has 0 aliphatic heterocycles. The van der Waals surface area contributed by atoms with Crippen LogP contribution in [-0.2, 0) is 0 Å². The van der Waals surface area contributed by atoms with Crippen LogP contribution in [0.5, 0.6) is 0 Å². The van der Waals surface area contributed by atoms with Crippen molar-refractivity contribution < 1.29 is 4.79 Å². The number of nitrogens with one attached hydrogen (secondary N) is 2. The molecule has 0 heterocycles. The second kappa shape index (κ2) is 6.79. The van der Waals surface area contributed by atoms with E-state index in [0.717, 1.165) is 18.4 Å². The molecule has 1 aliphatic rings. The Morgan fingerprint density at radius 3 is 2.53 bits per heavy atom. The number of urea groups is 1. The van der Waals surface area contributed by atoms with Gasteiger partial charge in [-0.2, -0.15) is 5.26 Å². The Bertz CT molecular complexity index is 446. The largest absolute Gasteiger partial charge is 0.335 e. The van der Waals surface area contributed by atoms with Crippen molar-refractivity contribution in [3.63, 3.8) is 0 Å². The standard InChI is InChI=1S/C15H19N3O/c16-11-14(12-7-3-1-4-8-12)18-15(19)17-13-9-5-2-6-10-13/h1,3-4,7-8,13-14H,2,5-6,9-10H2,(H2,17,18,19). The van der Waals surface area contributed by atoms with E-state index in [0.29, 0.717) is 0 Å². The zero-order valence-electron chi connectivity index (χ0n) is 10.9. The maximum atomic E-state index is 11.9. The molecule has 19 heavy (non-hydrogen) atoms. The molecule has 1 fully saturated rings. The van der Waals surface area contributed by atoms with E-state index in [4.69, 9.17) is 5.26 Å². The molecule has 0 bridgehead atoms. The molecule has 2 amide bonds. The van der Waals surface area contributed by atoms with Crippen LogP contribution in [0.2, 0.25) is 0 Å². The van der Waals surface area contributed by atoms with Crippen molar-refractivity contribution in [1.29, 1.82) is 5.26 Å². The van der Waals surface area contributed by atoms with Gasteiger partial charge in [-0.25, -0.2) is 4.79 Å². The smallest absolute Gasteiger partial charge is 0.316 e. The van der Waals surface area contributed by atoms with E-state index in [9.17, 15) is 4.79 Å². The molecule has 1 atom stereocenters. The third kappa shape index (κ3) is 3.99. The monoisotopic (exact) mass is 257 g/mol.